The highest BCUT2D eigenvalue weighted by atomic mass is 19.1. The number of phenols is 1. The van der Waals surface area contributed by atoms with Crippen LogP contribution >= 0.6 is 0 Å². The fraction of sp³-hybridized carbons (Fsp3) is 0.176. The van der Waals surface area contributed by atoms with Crippen LogP contribution in [-0.2, 0) is 4.79 Å². The Morgan fingerprint density at radius 2 is 1.92 bits per heavy atom. The average molecular weight is 322 g/mol. The maximum Gasteiger partial charge on any atom is 0.252 e. The molecule has 0 aliphatic carbocycles. The van der Waals surface area contributed by atoms with Crippen LogP contribution in [0, 0.1) is 5.82 Å². The van der Waals surface area contributed by atoms with Crippen LogP contribution in [0.1, 0.15) is 33.4 Å². The lowest BCUT2D eigenvalue weighted by atomic mass is 9.79. The van der Waals surface area contributed by atoms with Gasteiger partial charge in [-0.25, -0.2) is 4.39 Å². The first-order chi connectivity index (χ1) is 11.5. The Kier molecular flexibility index (Phi) is 3.13. The third-order valence-electron chi connectivity index (χ3n) is 4.61. The molecule has 2 radical (unpaired) electrons. The van der Waals surface area contributed by atoms with Gasteiger partial charge in [0, 0.05) is 17.2 Å². The van der Waals surface area contributed by atoms with Crippen molar-refractivity contribution in [3.8, 4) is 5.75 Å². The number of carbonyl (C=O) groups is 2. The van der Waals surface area contributed by atoms with Crippen LogP contribution in [0.3, 0.4) is 0 Å². The Bertz CT molecular complexity index is 886. The topological polar surface area (TPSA) is 78.4 Å². The molecule has 2 aliphatic heterocycles. The molecule has 3 unspecified atom stereocenters. The van der Waals surface area contributed by atoms with E-state index in [1.807, 2.05) is 0 Å². The second kappa shape index (κ2) is 5.09. The number of fused-ring (bicyclic) bond motifs is 2. The van der Waals surface area contributed by atoms with Crippen LogP contribution in [0.25, 0.3) is 0 Å². The lowest BCUT2D eigenvalue weighted by Crippen LogP contribution is -2.37. The summed E-state index contributed by atoms with van der Waals surface area (Å²) >= 11 is 0. The normalized spacial score (nSPS) is 24.0. The van der Waals surface area contributed by atoms with E-state index in [1.54, 1.807) is 6.07 Å². The van der Waals surface area contributed by atoms with Crippen LogP contribution in [0.5, 0.6) is 5.75 Å². The average Bonchev–Trinajstić information content (AvgIpc) is 3.05. The predicted molar refractivity (Wildman–Crippen MR) is 85.6 cm³/mol. The molecule has 4 rings (SSSR count). The molecule has 3 atom stereocenters. The zero-order chi connectivity index (χ0) is 17.0. The van der Waals surface area contributed by atoms with Crippen molar-refractivity contribution in [1.82, 2.24) is 5.32 Å². The number of phenolic OH excluding ortho intramolecular Hbond substituents is 1. The molecule has 24 heavy (non-hydrogen) atoms. The molecule has 0 spiro atoms. The van der Waals surface area contributed by atoms with Crippen LogP contribution in [0.2, 0.25) is 0 Å². The van der Waals surface area contributed by atoms with Crippen molar-refractivity contribution in [2.45, 2.75) is 18.0 Å². The van der Waals surface area contributed by atoms with Gasteiger partial charge in [-0.3, -0.25) is 4.79 Å². The van der Waals surface area contributed by atoms with Gasteiger partial charge < -0.3 is 20.5 Å². The van der Waals surface area contributed by atoms with Gasteiger partial charge in [0.15, 0.2) is 7.85 Å². The molecule has 118 valence electrons. The summed E-state index contributed by atoms with van der Waals surface area (Å²) < 4.78 is 13.7. The van der Waals surface area contributed by atoms with E-state index in [-0.39, 0.29) is 11.7 Å². The Morgan fingerprint density at radius 1 is 1.12 bits per heavy atom. The molecule has 5 nitrogen and oxygen atoms in total. The minimum absolute atomic E-state index is 0.0105. The standard InChI is InChI=1S/C17H12BFN2O3/c18-16(23)15-13(11-5-7(19)1-4-12(11)20-15)14-10-6-8(22)2-3-9(10)17(24)21-14/h1-6,13-15,20,22H,(H,21,24). The Morgan fingerprint density at radius 3 is 2.67 bits per heavy atom. The fourth-order valence-electron chi connectivity index (χ4n) is 3.59. The van der Waals surface area contributed by atoms with E-state index in [1.165, 1.54) is 30.3 Å². The highest BCUT2D eigenvalue weighted by Gasteiger charge is 2.44. The van der Waals surface area contributed by atoms with Gasteiger partial charge in [0.2, 0.25) is 0 Å². The lowest BCUT2D eigenvalue weighted by Gasteiger charge is -2.25. The van der Waals surface area contributed by atoms with Crippen molar-refractivity contribution in [2.75, 3.05) is 5.32 Å². The molecule has 7 heteroatoms. The van der Waals surface area contributed by atoms with Gasteiger partial charge >= 0.3 is 0 Å². The molecule has 0 aromatic heterocycles. The summed E-state index contributed by atoms with van der Waals surface area (Å²) in [6.07, 6.45) is 0. The van der Waals surface area contributed by atoms with Crippen molar-refractivity contribution in [1.29, 1.82) is 0 Å². The summed E-state index contributed by atoms with van der Waals surface area (Å²) in [5.41, 5.74) is 1.56. The number of rotatable bonds is 2. The van der Waals surface area contributed by atoms with Gasteiger partial charge in [-0.15, -0.1) is 0 Å². The van der Waals surface area contributed by atoms with E-state index in [0.29, 0.717) is 22.4 Å². The van der Waals surface area contributed by atoms with Crippen LogP contribution in [0.15, 0.2) is 36.4 Å². The van der Waals surface area contributed by atoms with Crippen molar-refractivity contribution in [3.05, 3.63) is 58.9 Å². The molecule has 0 bridgehead atoms. The number of benzene rings is 2. The zero-order valence-electron chi connectivity index (χ0n) is 12.4. The van der Waals surface area contributed by atoms with Crippen molar-refractivity contribution in [2.24, 2.45) is 0 Å². The molecule has 2 aromatic rings. The van der Waals surface area contributed by atoms with Crippen LogP contribution in [-0.4, -0.2) is 30.6 Å². The summed E-state index contributed by atoms with van der Waals surface area (Å²) in [7, 11) is 5.50. The van der Waals surface area contributed by atoms with E-state index >= 15 is 0 Å². The molecule has 2 aromatic carbocycles. The first-order valence-corrected chi connectivity index (χ1v) is 7.45. The van der Waals surface area contributed by atoms with Gasteiger partial charge in [-0.05, 0) is 47.5 Å². The number of anilines is 1. The van der Waals surface area contributed by atoms with E-state index in [2.05, 4.69) is 10.6 Å². The molecular formula is C17H12BFN2O3. The van der Waals surface area contributed by atoms with E-state index < -0.39 is 29.5 Å². The van der Waals surface area contributed by atoms with E-state index in [9.17, 15) is 19.1 Å². The Hall–Kier alpha value is -2.83. The summed E-state index contributed by atoms with van der Waals surface area (Å²) in [6.45, 7) is 0. The van der Waals surface area contributed by atoms with E-state index in [4.69, 9.17) is 7.85 Å². The van der Waals surface area contributed by atoms with Crippen molar-refractivity contribution >= 4 is 25.1 Å². The van der Waals surface area contributed by atoms with Crippen molar-refractivity contribution < 1.29 is 19.1 Å². The minimum Gasteiger partial charge on any atom is -0.508 e. The monoisotopic (exact) mass is 322 g/mol. The smallest absolute Gasteiger partial charge is 0.252 e. The second-order valence-electron chi connectivity index (χ2n) is 6.00. The maximum absolute atomic E-state index is 13.7. The highest BCUT2D eigenvalue weighted by Crippen LogP contribution is 2.47. The quantitative estimate of drug-likeness (QED) is 0.734. The molecule has 2 aliphatic rings. The predicted octanol–water partition coefficient (Wildman–Crippen LogP) is 1.59. The van der Waals surface area contributed by atoms with Gasteiger partial charge in [-0.1, -0.05) is 0 Å². The number of aromatic hydroxyl groups is 1. The molecule has 2 heterocycles. The number of halogens is 1. The first kappa shape index (κ1) is 14.7. The fourth-order valence-corrected chi connectivity index (χ4v) is 3.59. The Balaban J connectivity index is 1.86. The van der Waals surface area contributed by atoms with Gasteiger partial charge in [0.05, 0.1) is 17.8 Å². The van der Waals surface area contributed by atoms with Gasteiger partial charge in [-0.2, -0.15) is 0 Å². The van der Waals surface area contributed by atoms with Crippen LogP contribution < -0.4 is 10.6 Å². The molecule has 0 saturated carbocycles. The number of hydrogen-bond donors (Lipinski definition) is 3. The van der Waals surface area contributed by atoms with Crippen LogP contribution in [0.4, 0.5) is 10.1 Å². The summed E-state index contributed by atoms with van der Waals surface area (Å²) in [4.78, 5) is 24.1. The maximum atomic E-state index is 13.7. The molecular weight excluding hydrogens is 310 g/mol. The molecule has 3 N–H and O–H groups in total. The number of hydrogen-bond acceptors (Lipinski definition) is 4. The zero-order valence-corrected chi connectivity index (χ0v) is 12.4. The Labute approximate surface area is 138 Å². The van der Waals surface area contributed by atoms with Crippen molar-refractivity contribution in [3.63, 3.8) is 0 Å². The number of carbonyl (C=O) groups excluding carboxylic acids is 2. The second-order valence-corrected chi connectivity index (χ2v) is 6.00. The summed E-state index contributed by atoms with van der Waals surface area (Å²) in [6, 6.07) is 7.21. The van der Waals surface area contributed by atoms with E-state index in [0.717, 1.165) is 0 Å². The minimum atomic E-state index is -0.791. The largest absolute Gasteiger partial charge is 0.508 e. The summed E-state index contributed by atoms with van der Waals surface area (Å²) in [5.74, 6) is -1.30. The molecule has 1 amide bonds. The lowest BCUT2D eigenvalue weighted by molar-refractivity contribution is -0.112. The third-order valence-corrected chi connectivity index (χ3v) is 4.61. The molecule has 0 fully saturated rings. The SMILES string of the molecule is [B]C(=O)C1Nc2ccc(F)cc2C1C1NC(=O)c2ccc(O)cc21. The van der Waals surface area contributed by atoms with Gasteiger partial charge in [0.1, 0.15) is 11.6 Å². The number of nitrogens with one attached hydrogen (secondary N) is 2. The highest BCUT2D eigenvalue weighted by molar-refractivity contribution is 6.59. The number of amides is 1. The van der Waals surface area contributed by atoms with Gasteiger partial charge in [0.25, 0.3) is 5.91 Å². The summed E-state index contributed by atoms with van der Waals surface area (Å²) in [5, 5.41) is 15.6. The molecule has 0 saturated heterocycles. The third kappa shape index (κ3) is 2.08. The first-order valence-electron chi connectivity index (χ1n) is 7.45.